The fourth-order valence-corrected chi connectivity index (χ4v) is 1.87. The smallest absolute Gasteiger partial charge is 0.387 e. The average Bonchev–Trinajstić information content (AvgIpc) is 2.08. The van der Waals surface area contributed by atoms with E-state index in [0.717, 1.165) is 0 Å². The normalized spacial score (nSPS) is 11.4. The summed E-state index contributed by atoms with van der Waals surface area (Å²) in [5, 5.41) is -1.04. The number of ether oxygens (including phenoxy) is 1. The number of carbonyl (C=O) groups is 1. The highest BCUT2D eigenvalue weighted by atomic mass is 127. The van der Waals surface area contributed by atoms with Crippen molar-refractivity contribution in [1.82, 2.24) is 4.98 Å². The van der Waals surface area contributed by atoms with Crippen LogP contribution in [0.25, 0.3) is 0 Å². The van der Waals surface area contributed by atoms with Crippen molar-refractivity contribution in [3.63, 3.8) is 0 Å². The standard InChI is InChI=1S/C8H4ClF3INO2/c1-3-2-14-7(16-8(10,11)12)4(5(3)13)6(9)15/h2H,1H3. The molecule has 16 heavy (non-hydrogen) atoms. The van der Waals surface area contributed by atoms with Crippen LogP contribution in [0.4, 0.5) is 13.2 Å². The lowest BCUT2D eigenvalue weighted by Gasteiger charge is -2.12. The quantitative estimate of drug-likeness (QED) is 0.596. The number of alkyl halides is 3. The zero-order valence-corrected chi connectivity index (χ0v) is 10.6. The molecule has 0 saturated carbocycles. The summed E-state index contributed by atoms with van der Waals surface area (Å²) in [7, 11) is 0. The molecule has 0 fully saturated rings. The van der Waals surface area contributed by atoms with Gasteiger partial charge in [0.05, 0.1) is 0 Å². The second kappa shape index (κ2) is 4.74. The van der Waals surface area contributed by atoms with Gasteiger partial charge in [0.25, 0.3) is 5.24 Å². The van der Waals surface area contributed by atoms with Crippen LogP contribution in [0.2, 0.25) is 0 Å². The van der Waals surface area contributed by atoms with Crippen molar-refractivity contribution in [2.75, 3.05) is 0 Å². The molecule has 0 amide bonds. The summed E-state index contributed by atoms with van der Waals surface area (Å²) in [6, 6.07) is 0. The molecular weight excluding hydrogens is 361 g/mol. The first-order valence-corrected chi connectivity index (χ1v) is 5.28. The maximum absolute atomic E-state index is 12.0. The van der Waals surface area contributed by atoms with E-state index in [-0.39, 0.29) is 9.13 Å². The first-order chi connectivity index (χ1) is 7.22. The highest BCUT2D eigenvalue weighted by Gasteiger charge is 2.34. The van der Waals surface area contributed by atoms with E-state index >= 15 is 0 Å². The van der Waals surface area contributed by atoms with Gasteiger partial charge in [-0.05, 0) is 46.7 Å². The van der Waals surface area contributed by atoms with E-state index in [1.807, 2.05) is 0 Å². The molecule has 88 valence electrons. The number of rotatable bonds is 2. The van der Waals surface area contributed by atoms with Crippen LogP contribution in [0.15, 0.2) is 6.20 Å². The van der Waals surface area contributed by atoms with Crippen LogP contribution in [-0.4, -0.2) is 16.6 Å². The average molecular weight is 365 g/mol. The Labute approximate surface area is 107 Å². The molecular formula is C8H4ClF3INO2. The Morgan fingerprint density at radius 2 is 2.12 bits per heavy atom. The highest BCUT2D eigenvalue weighted by Crippen LogP contribution is 2.30. The zero-order valence-electron chi connectivity index (χ0n) is 7.73. The molecule has 8 heteroatoms. The van der Waals surface area contributed by atoms with Gasteiger partial charge < -0.3 is 4.74 Å². The maximum Gasteiger partial charge on any atom is 0.574 e. The first kappa shape index (κ1) is 13.5. The third-order valence-corrected chi connectivity index (χ3v) is 3.14. The molecule has 1 heterocycles. The van der Waals surface area contributed by atoms with Crippen LogP contribution in [0.1, 0.15) is 15.9 Å². The van der Waals surface area contributed by atoms with Crippen molar-refractivity contribution in [2.24, 2.45) is 0 Å². The summed E-state index contributed by atoms with van der Waals surface area (Å²) in [6.45, 7) is 1.59. The van der Waals surface area contributed by atoms with Crippen LogP contribution in [0, 0.1) is 10.5 Å². The Balaban J connectivity index is 3.29. The van der Waals surface area contributed by atoms with Gasteiger partial charge in [-0.3, -0.25) is 4.79 Å². The second-order valence-corrected chi connectivity index (χ2v) is 4.18. The Morgan fingerprint density at radius 1 is 1.56 bits per heavy atom. The Kier molecular flexibility index (Phi) is 4.00. The van der Waals surface area contributed by atoms with Gasteiger partial charge in [0.2, 0.25) is 5.88 Å². The number of pyridine rings is 1. The van der Waals surface area contributed by atoms with Crippen LogP contribution in [0.5, 0.6) is 5.88 Å². The molecule has 0 bridgehead atoms. The number of nitrogens with zero attached hydrogens (tertiary/aromatic N) is 1. The minimum absolute atomic E-state index is 0.284. The van der Waals surface area contributed by atoms with E-state index in [9.17, 15) is 18.0 Å². The number of aromatic nitrogens is 1. The molecule has 1 aromatic rings. The van der Waals surface area contributed by atoms with Crippen molar-refractivity contribution in [1.29, 1.82) is 0 Å². The Bertz CT molecular complexity index is 436. The van der Waals surface area contributed by atoms with Gasteiger partial charge in [0.1, 0.15) is 5.56 Å². The van der Waals surface area contributed by atoms with Gasteiger partial charge in [0.15, 0.2) is 0 Å². The summed E-state index contributed by atoms with van der Waals surface area (Å²) < 4.78 is 39.9. The van der Waals surface area contributed by atoms with E-state index in [1.54, 1.807) is 29.5 Å². The molecule has 0 spiro atoms. The van der Waals surface area contributed by atoms with Gasteiger partial charge in [0, 0.05) is 9.77 Å². The number of hydrogen-bond donors (Lipinski definition) is 0. The van der Waals surface area contributed by atoms with Crippen LogP contribution in [-0.2, 0) is 0 Å². The molecule has 0 aliphatic heterocycles. The fourth-order valence-electron chi connectivity index (χ4n) is 0.925. The molecule has 0 saturated heterocycles. The van der Waals surface area contributed by atoms with Gasteiger partial charge in [-0.15, -0.1) is 13.2 Å². The number of hydrogen-bond acceptors (Lipinski definition) is 3. The Morgan fingerprint density at radius 3 is 2.56 bits per heavy atom. The first-order valence-electron chi connectivity index (χ1n) is 3.83. The summed E-state index contributed by atoms with van der Waals surface area (Å²) in [4.78, 5) is 14.4. The molecule has 1 rings (SSSR count). The van der Waals surface area contributed by atoms with E-state index in [4.69, 9.17) is 11.6 Å². The molecule has 0 aliphatic carbocycles. The lowest BCUT2D eigenvalue weighted by molar-refractivity contribution is -0.276. The van der Waals surface area contributed by atoms with Crippen molar-refractivity contribution < 1.29 is 22.7 Å². The van der Waals surface area contributed by atoms with Crippen LogP contribution >= 0.6 is 34.2 Å². The summed E-state index contributed by atoms with van der Waals surface area (Å²) >= 11 is 6.89. The van der Waals surface area contributed by atoms with Gasteiger partial charge in [-0.1, -0.05) is 0 Å². The van der Waals surface area contributed by atoms with Crippen molar-refractivity contribution in [3.8, 4) is 5.88 Å². The third-order valence-electron chi connectivity index (χ3n) is 1.56. The van der Waals surface area contributed by atoms with E-state index in [2.05, 4.69) is 9.72 Å². The van der Waals surface area contributed by atoms with E-state index in [1.165, 1.54) is 6.20 Å². The largest absolute Gasteiger partial charge is 0.574 e. The monoisotopic (exact) mass is 365 g/mol. The summed E-state index contributed by atoms with van der Waals surface area (Å²) in [5.41, 5.74) is 0.165. The maximum atomic E-state index is 12.0. The van der Waals surface area contributed by atoms with Gasteiger partial charge in [-0.2, -0.15) is 0 Å². The van der Waals surface area contributed by atoms with Gasteiger partial charge >= 0.3 is 6.36 Å². The van der Waals surface area contributed by atoms with Crippen molar-refractivity contribution >= 4 is 39.4 Å². The second-order valence-electron chi connectivity index (χ2n) is 2.76. The molecule has 0 radical (unpaired) electrons. The number of carbonyl (C=O) groups excluding carboxylic acids is 1. The van der Waals surface area contributed by atoms with E-state index in [0.29, 0.717) is 5.56 Å². The van der Waals surface area contributed by atoms with E-state index < -0.39 is 17.5 Å². The molecule has 0 atom stereocenters. The minimum atomic E-state index is -4.91. The van der Waals surface area contributed by atoms with Crippen LogP contribution in [0.3, 0.4) is 0 Å². The van der Waals surface area contributed by atoms with Crippen molar-refractivity contribution in [3.05, 3.63) is 20.9 Å². The topological polar surface area (TPSA) is 39.2 Å². The Hall–Kier alpha value is -0.570. The third kappa shape index (κ3) is 3.21. The lowest BCUT2D eigenvalue weighted by Crippen LogP contribution is -2.20. The molecule has 0 aliphatic rings. The van der Waals surface area contributed by atoms with Crippen molar-refractivity contribution in [2.45, 2.75) is 13.3 Å². The molecule has 0 unspecified atom stereocenters. The fraction of sp³-hybridized carbons (Fsp3) is 0.250. The molecule has 0 aromatic carbocycles. The SMILES string of the molecule is Cc1cnc(OC(F)(F)F)c(C(=O)Cl)c1I. The molecule has 3 nitrogen and oxygen atoms in total. The molecule has 0 N–H and O–H groups in total. The number of halogens is 5. The highest BCUT2D eigenvalue weighted by molar-refractivity contribution is 14.1. The van der Waals surface area contributed by atoms with Gasteiger partial charge in [-0.25, -0.2) is 4.98 Å². The lowest BCUT2D eigenvalue weighted by atomic mass is 10.2. The summed E-state index contributed by atoms with van der Waals surface area (Å²) in [5.74, 6) is -0.831. The predicted molar refractivity (Wildman–Crippen MR) is 58.6 cm³/mol. The van der Waals surface area contributed by atoms with Crippen LogP contribution < -0.4 is 4.74 Å². The number of aryl methyl sites for hydroxylation is 1. The summed E-state index contributed by atoms with van der Waals surface area (Å²) in [6.07, 6.45) is -3.74. The zero-order chi connectivity index (χ0) is 12.5. The minimum Gasteiger partial charge on any atom is -0.387 e. The predicted octanol–water partition coefficient (Wildman–Crippen LogP) is 3.27. The molecule has 1 aromatic heterocycles.